The monoisotopic (exact) mass is 438 g/mol. The molecule has 32 heavy (non-hydrogen) atoms. The van der Waals surface area contributed by atoms with Gasteiger partial charge in [-0.25, -0.2) is 9.07 Å². The Kier molecular flexibility index (Phi) is 6.99. The summed E-state index contributed by atoms with van der Waals surface area (Å²) in [5, 5.41) is 12.6. The summed E-state index contributed by atoms with van der Waals surface area (Å²) < 4.78 is 20.8. The van der Waals surface area contributed by atoms with Crippen LogP contribution in [0.1, 0.15) is 37.7 Å². The van der Waals surface area contributed by atoms with Crippen molar-refractivity contribution in [3.63, 3.8) is 0 Å². The average Bonchev–Trinajstić information content (AvgIpc) is 3.28. The second kappa shape index (κ2) is 10.1. The Balaban J connectivity index is 1.55. The van der Waals surface area contributed by atoms with Gasteiger partial charge in [0.1, 0.15) is 11.6 Å². The van der Waals surface area contributed by atoms with Gasteiger partial charge in [-0.3, -0.25) is 4.90 Å². The van der Waals surface area contributed by atoms with Crippen molar-refractivity contribution in [3.8, 4) is 5.75 Å². The van der Waals surface area contributed by atoms with Crippen molar-refractivity contribution in [1.29, 1.82) is 0 Å². The van der Waals surface area contributed by atoms with Crippen LogP contribution in [0.25, 0.3) is 0 Å². The van der Waals surface area contributed by atoms with E-state index in [1.54, 1.807) is 7.11 Å². The second-order valence-corrected chi connectivity index (χ2v) is 8.62. The highest BCUT2D eigenvalue weighted by atomic mass is 19.1. The summed E-state index contributed by atoms with van der Waals surface area (Å²) in [7, 11) is 1.68. The third-order valence-corrected chi connectivity index (χ3v) is 6.03. The molecular weight excluding hydrogens is 407 g/mol. The molecule has 0 radical (unpaired) electrons. The largest absolute Gasteiger partial charge is 0.497 e. The molecule has 0 N–H and O–H groups in total. The molecule has 7 nitrogen and oxygen atoms in total. The van der Waals surface area contributed by atoms with Crippen LogP contribution in [-0.4, -0.2) is 58.4 Å². The van der Waals surface area contributed by atoms with Crippen LogP contribution in [0, 0.1) is 11.7 Å². The van der Waals surface area contributed by atoms with Gasteiger partial charge in [0.25, 0.3) is 0 Å². The molecule has 8 heteroatoms. The smallest absolute Gasteiger partial charge is 0.173 e. The zero-order valence-electron chi connectivity index (χ0n) is 19.0. The Morgan fingerprint density at radius 1 is 0.969 bits per heavy atom. The molecule has 0 unspecified atom stereocenters. The molecule has 4 rings (SSSR count). The number of halogens is 1. The topological polar surface area (TPSA) is 59.3 Å². The summed E-state index contributed by atoms with van der Waals surface area (Å²) >= 11 is 0. The number of hydrogen-bond acceptors (Lipinski definition) is 6. The van der Waals surface area contributed by atoms with Gasteiger partial charge in [0.05, 0.1) is 13.2 Å². The lowest BCUT2D eigenvalue weighted by atomic mass is 10.0. The minimum atomic E-state index is -0.240. The Morgan fingerprint density at radius 2 is 1.66 bits per heavy atom. The summed E-state index contributed by atoms with van der Waals surface area (Å²) in [6.45, 7) is 8.63. The summed E-state index contributed by atoms with van der Waals surface area (Å²) in [6, 6.07) is 14.8. The molecule has 3 aromatic rings. The van der Waals surface area contributed by atoms with E-state index in [2.05, 4.69) is 51.3 Å². The highest BCUT2D eigenvalue weighted by Crippen LogP contribution is 2.30. The van der Waals surface area contributed by atoms with Crippen LogP contribution >= 0.6 is 0 Å². The summed E-state index contributed by atoms with van der Waals surface area (Å²) in [4.78, 5) is 4.77. The van der Waals surface area contributed by atoms with E-state index < -0.39 is 0 Å². The van der Waals surface area contributed by atoms with E-state index in [-0.39, 0.29) is 11.9 Å². The zero-order valence-corrected chi connectivity index (χ0v) is 19.0. The van der Waals surface area contributed by atoms with Gasteiger partial charge in [0.2, 0.25) is 0 Å². The van der Waals surface area contributed by atoms with Crippen molar-refractivity contribution in [2.24, 2.45) is 5.92 Å². The Morgan fingerprint density at radius 3 is 2.28 bits per heavy atom. The van der Waals surface area contributed by atoms with Crippen molar-refractivity contribution >= 4 is 5.69 Å². The molecule has 0 amide bonds. The number of anilines is 1. The predicted molar refractivity (Wildman–Crippen MR) is 122 cm³/mol. The van der Waals surface area contributed by atoms with Crippen LogP contribution in [0.3, 0.4) is 0 Å². The van der Waals surface area contributed by atoms with Gasteiger partial charge >= 0.3 is 0 Å². The Labute approximate surface area is 188 Å². The maximum atomic E-state index is 13.6. The molecule has 1 aliphatic rings. The van der Waals surface area contributed by atoms with Crippen molar-refractivity contribution in [1.82, 2.24) is 25.1 Å². The summed E-state index contributed by atoms with van der Waals surface area (Å²) in [6.07, 6.45) is 0.999. The van der Waals surface area contributed by atoms with E-state index in [4.69, 9.17) is 4.74 Å². The standard InChI is InChI=1S/C24H31FN6O/c1-18(2)12-13-31-24(26-27-28-31)23(19-4-6-20(25)7-5-19)30-16-14-29(15-17-30)21-8-10-22(32-3)11-9-21/h4-11,18,23H,12-17H2,1-3H3/t23-/m0/s1. The maximum absolute atomic E-state index is 13.6. The molecule has 170 valence electrons. The predicted octanol–water partition coefficient (Wildman–Crippen LogP) is 3.78. The number of aryl methyl sites for hydroxylation is 1. The normalized spacial score (nSPS) is 15.8. The fourth-order valence-electron chi connectivity index (χ4n) is 4.15. The molecule has 2 heterocycles. The molecule has 0 bridgehead atoms. The van der Waals surface area contributed by atoms with E-state index in [1.807, 2.05) is 28.9 Å². The molecule has 2 aromatic carbocycles. The molecule has 1 fully saturated rings. The molecule has 0 spiro atoms. The van der Waals surface area contributed by atoms with Crippen LogP contribution < -0.4 is 9.64 Å². The van der Waals surface area contributed by atoms with Crippen molar-refractivity contribution in [3.05, 3.63) is 65.7 Å². The van der Waals surface area contributed by atoms with Gasteiger partial charge in [-0.1, -0.05) is 26.0 Å². The van der Waals surface area contributed by atoms with Crippen LogP contribution in [0.2, 0.25) is 0 Å². The molecule has 1 aliphatic heterocycles. The maximum Gasteiger partial charge on any atom is 0.173 e. The number of piperazine rings is 1. The van der Waals surface area contributed by atoms with Crippen LogP contribution in [0.4, 0.5) is 10.1 Å². The SMILES string of the molecule is COc1ccc(N2CCN([C@@H](c3ccc(F)cc3)c3nnnn3CCC(C)C)CC2)cc1. The minimum Gasteiger partial charge on any atom is -0.497 e. The van der Waals surface area contributed by atoms with E-state index in [0.29, 0.717) is 5.92 Å². The number of methoxy groups -OCH3 is 1. The number of hydrogen-bond donors (Lipinski definition) is 0. The van der Waals surface area contributed by atoms with Crippen LogP contribution in [0.5, 0.6) is 5.75 Å². The second-order valence-electron chi connectivity index (χ2n) is 8.62. The highest BCUT2D eigenvalue weighted by molar-refractivity contribution is 5.49. The van der Waals surface area contributed by atoms with E-state index in [1.165, 1.54) is 17.8 Å². The molecule has 1 aromatic heterocycles. The highest BCUT2D eigenvalue weighted by Gasteiger charge is 2.30. The van der Waals surface area contributed by atoms with Gasteiger partial charge < -0.3 is 9.64 Å². The number of benzene rings is 2. The lowest BCUT2D eigenvalue weighted by Crippen LogP contribution is -2.48. The molecule has 0 saturated carbocycles. The first-order chi connectivity index (χ1) is 15.5. The first-order valence-electron chi connectivity index (χ1n) is 11.2. The first-order valence-corrected chi connectivity index (χ1v) is 11.2. The van der Waals surface area contributed by atoms with Crippen LogP contribution in [0.15, 0.2) is 48.5 Å². The Bertz CT molecular complexity index is 980. The third kappa shape index (κ3) is 5.07. The molecular formula is C24H31FN6O. The minimum absolute atomic E-state index is 0.115. The Hall–Kier alpha value is -3.00. The zero-order chi connectivity index (χ0) is 22.5. The summed E-state index contributed by atoms with van der Waals surface area (Å²) in [5.74, 6) is 1.99. The number of ether oxygens (including phenoxy) is 1. The lowest BCUT2D eigenvalue weighted by molar-refractivity contribution is 0.200. The third-order valence-electron chi connectivity index (χ3n) is 6.03. The van der Waals surface area contributed by atoms with Crippen LogP contribution in [-0.2, 0) is 6.54 Å². The molecule has 1 saturated heterocycles. The van der Waals surface area contributed by atoms with Gasteiger partial charge in [-0.2, -0.15) is 0 Å². The fourth-order valence-corrected chi connectivity index (χ4v) is 4.15. The van der Waals surface area contributed by atoms with E-state index >= 15 is 0 Å². The van der Waals surface area contributed by atoms with Crippen molar-refractivity contribution in [2.75, 3.05) is 38.2 Å². The molecule has 0 aliphatic carbocycles. The molecule has 1 atom stereocenters. The van der Waals surface area contributed by atoms with E-state index in [0.717, 1.165) is 56.3 Å². The van der Waals surface area contributed by atoms with Gasteiger partial charge in [0.15, 0.2) is 5.82 Å². The van der Waals surface area contributed by atoms with Gasteiger partial charge in [0, 0.05) is 38.4 Å². The van der Waals surface area contributed by atoms with Crippen molar-refractivity contribution < 1.29 is 9.13 Å². The van der Waals surface area contributed by atoms with Gasteiger partial charge in [-0.15, -0.1) is 5.10 Å². The number of nitrogens with zero attached hydrogens (tertiary/aromatic N) is 6. The summed E-state index contributed by atoms with van der Waals surface area (Å²) in [5.41, 5.74) is 2.19. The van der Waals surface area contributed by atoms with Crippen molar-refractivity contribution in [2.45, 2.75) is 32.9 Å². The average molecular weight is 439 g/mol. The van der Waals surface area contributed by atoms with E-state index in [9.17, 15) is 4.39 Å². The lowest BCUT2D eigenvalue weighted by Gasteiger charge is -2.40. The number of rotatable bonds is 8. The number of aromatic nitrogens is 4. The fraction of sp³-hybridized carbons (Fsp3) is 0.458. The quantitative estimate of drug-likeness (QED) is 0.534. The first kappa shape index (κ1) is 22.2. The number of tetrazole rings is 1. The van der Waals surface area contributed by atoms with Gasteiger partial charge in [-0.05, 0) is 64.7 Å².